The first-order valence-electron chi connectivity index (χ1n) is 11.2. The highest BCUT2D eigenvalue weighted by Crippen LogP contribution is 2.22. The van der Waals surface area contributed by atoms with Crippen molar-refractivity contribution in [2.24, 2.45) is 0 Å². The van der Waals surface area contributed by atoms with Gasteiger partial charge in [-0.05, 0) is 75.2 Å². The fourth-order valence-electron chi connectivity index (χ4n) is 3.89. The number of aryl methyl sites for hydroxylation is 4. The molecular formula is C25H29N3O5S. The van der Waals surface area contributed by atoms with Crippen LogP contribution in [-0.4, -0.2) is 54.9 Å². The number of carbonyl (C=O) groups excluding carboxylic acids is 1. The van der Waals surface area contributed by atoms with Gasteiger partial charge in [-0.25, -0.2) is 8.42 Å². The molecule has 1 saturated heterocycles. The van der Waals surface area contributed by atoms with Gasteiger partial charge in [-0.1, -0.05) is 11.2 Å². The van der Waals surface area contributed by atoms with E-state index >= 15 is 0 Å². The summed E-state index contributed by atoms with van der Waals surface area (Å²) in [5, 5.41) is 3.92. The van der Waals surface area contributed by atoms with Crippen LogP contribution in [0.15, 0.2) is 51.9 Å². The minimum atomic E-state index is -3.58. The molecule has 3 aromatic rings. The summed E-state index contributed by atoms with van der Waals surface area (Å²) in [5.74, 6) is 1.24. The number of nitrogens with zero attached hydrogens (tertiary/aromatic N) is 3. The van der Waals surface area contributed by atoms with Crippen LogP contribution in [0.4, 0.5) is 0 Å². The average Bonchev–Trinajstić information content (AvgIpc) is 3.16. The van der Waals surface area contributed by atoms with Gasteiger partial charge < -0.3 is 14.2 Å². The monoisotopic (exact) mass is 483 g/mol. The molecule has 1 aliphatic heterocycles. The normalized spacial score (nSPS) is 14.9. The molecule has 1 aliphatic rings. The standard InChI is InChI=1S/C25H29N3O5S/c1-17-5-10-23(15-18(17)2)34(30,31)28-13-11-27(12-14-28)25(29)21-6-8-22(9-7-21)32-16-24-19(3)26-33-20(24)4/h5-10,15H,11-14,16H2,1-4H3. The summed E-state index contributed by atoms with van der Waals surface area (Å²) in [6.07, 6.45) is 0. The van der Waals surface area contributed by atoms with Crippen molar-refractivity contribution in [1.29, 1.82) is 0 Å². The van der Waals surface area contributed by atoms with Crippen molar-refractivity contribution in [1.82, 2.24) is 14.4 Å². The smallest absolute Gasteiger partial charge is 0.253 e. The molecule has 0 atom stereocenters. The van der Waals surface area contributed by atoms with Crippen molar-refractivity contribution in [2.45, 2.75) is 39.2 Å². The van der Waals surface area contributed by atoms with Gasteiger partial charge in [0.25, 0.3) is 5.91 Å². The maximum atomic E-state index is 13.0. The van der Waals surface area contributed by atoms with E-state index in [1.165, 1.54) is 4.31 Å². The lowest BCUT2D eigenvalue weighted by Crippen LogP contribution is -2.50. The summed E-state index contributed by atoms with van der Waals surface area (Å²) in [6, 6.07) is 12.1. The maximum absolute atomic E-state index is 13.0. The van der Waals surface area contributed by atoms with E-state index in [4.69, 9.17) is 9.26 Å². The van der Waals surface area contributed by atoms with Gasteiger partial charge in [0.05, 0.1) is 16.2 Å². The zero-order valence-corrected chi connectivity index (χ0v) is 20.7. The number of aromatic nitrogens is 1. The lowest BCUT2D eigenvalue weighted by atomic mass is 10.1. The van der Waals surface area contributed by atoms with Crippen LogP contribution in [0.25, 0.3) is 0 Å². The van der Waals surface area contributed by atoms with E-state index in [-0.39, 0.29) is 19.0 Å². The molecule has 1 fully saturated rings. The molecule has 34 heavy (non-hydrogen) atoms. The number of ether oxygens (including phenoxy) is 1. The molecule has 180 valence electrons. The SMILES string of the molecule is Cc1ccc(S(=O)(=O)N2CCN(C(=O)c3ccc(OCc4c(C)noc4C)cc3)CC2)cc1C. The molecule has 1 amide bonds. The number of sulfonamides is 1. The lowest BCUT2D eigenvalue weighted by molar-refractivity contribution is 0.0698. The summed E-state index contributed by atoms with van der Waals surface area (Å²) < 4.78 is 38.4. The average molecular weight is 484 g/mol. The van der Waals surface area contributed by atoms with Gasteiger partial charge in [0.2, 0.25) is 10.0 Å². The van der Waals surface area contributed by atoms with Crippen LogP contribution in [0.5, 0.6) is 5.75 Å². The Kier molecular flexibility index (Phi) is 6.77. The zero-order valence-electron chi connectivity index (χ0n) is 19.9. The van der Waals surface area contributed by atoms with E-state index in [0.29, 0.717) is 35.9 Å². The van der Waals surface area contributed by atoms with Gasteiger partial charge in [0, 0.05) is 31.7 Å². The predicted octanol–water partition coefficient (Wildman–Crippen LogP) is 3.63. The Labute approximate surface area is 200 Å². The van der Waals surface area contributed by atoms with E-state index in [2.05, 4.69) is 5.16 Å². The number of piperazine rings is 1. The number of rotatable bonds is 6. The predicted molar refractivity (Wildman–Crippen MR) is 127 cm³/mol. The van der Waals surface area contributed by atoms with E-state index in [0.717, 1.165) is 28.1 Å². The molecule has 0 saturated carbocycles. The highest BCUT2D eigenvalue weighted by Gasteiger charge is 2.30. The quantitative estimate of drug-likeness (QED) is 0.532. The van der Waals surface area contributed by atoms with Crippen molar-refractivity contribution in [3.63, 3.8) is 0 Å². The first kappa shape index (κ1) is 24.0. The maximum Gasteiger partial charge on any atom is 0.253 e. The number of benzene rings is 2. The largest absolute Gasteiger partial charge is 0.489 e. The molecule has 0 bridgehead atoms. The summed E-state index contributed by atoms with van der Waals surface area (Å²) in [7, 11) is -3.58. The second-order valence-electron chi connectivity index (χ2n) is 8.56. The molecule has 0 aliphatic carbocycles. The first-order chi connectivity index (χ1) is 16.2. The van der Waals surface area contributed by atoms with E-state index in [9.17, 15) is 13.2 Å². The van der Waals surface area contributed by atoms with Crippen LogP contribution < -0.4 is 4.74 Å². The number of hydrogen-bond donors (Lipinski definition) is 0. The zero-order chi connectivity index (χ0) is 24.5. The van der Waals surface area contributed by atoms with Gasteiger partial charge in [0.15, 0.2) is 0 Å². The van der Waals surface area contributed by atoms with Crippen molar-refractivity contribution >= 4 is 15.9 Å². The molecule has 4 rings (SSSR count). The molecule has 9 heteroatoms. The van der Waals surface area contributed by atoms with Crippen molar-refractivity contribution < 1.29 is 22.5 Å². The van der Waals surface area contributed by atoms with Crippen LogP contribution in [-0.2, 0) is 16.6 Å². The van der Waals surface area contributed by atoms with Crippen LogP contribution in [0.2, 0.25) is 0 Å². The summed E-state index contributed by atoms with van der Waals surface area (Å²) in [5.41, 5.74) is 4.23. The highest BCUT2D eigenvalue weighted by atomic mass is 32.2. The minimum Gasteiger partial charge on any atom is -0.489 e. The van der Waals surface area contributed by atoms with Crippen LogP contribution in [0, 0.1) is 27.7 Å². The second-order valence-corrected chi connectivity index (χ2v) is 10.5. The van der Waals surface area contributed by atoms with Crippen LogP contribution >= 0.6 is 0 Å². The van der Waals surface area contributed by atoms with E-state index in [1.54, 1.807) is 41.3 Å². The molecule has 0 spiro atoms. The molecule has 0 N–H and O–H groups in total. The van der Waals surface area contributed by atoms with E-state index < -0.39 is 10.0 Å². The van der Waals surface area contributed by atoms with E-state index in [1.807, 2.05) is 33.8 Å². The van der Waals surface area contributed by atoms with Gasteiger partial charge in [-0.3, -0.25) is 4.79 Å². The molecular weight excluding hydrogens is 454 g/mol. The minimum absolute atomic E-state index is 0.125. The van der Waals surface area contributed by atoms with Gasteiger partial charge in [-0.15, -0.1) is 0 Å². The molecule has 0 radical (unpaired) electrons. The van der Waals surface area contributed by atoms with Crippen molar-refractivity contribution in [3.05, 3.63) is 76.2 Å². The highest BCUT2D eigenvalue weighted by molar-refractivity contribution is 7.89. The van der Waals surface area contributed by atoms with Crippen LogP contribution in [0.1, 0.15) is 38.5 Å². The number of amides is 1. The summed E-state index contributed by atoms with van der Waals surface area (Å²) in [6.45, 7) is 9.10. The number of hydrogen-bond acceptors (Lipinski definition) is 6. The van der Waals surface area contributed by atoms with Crippen molar-refractivity contribution in [2.75, 3.05) is 26.2 Å². The Morgan fingerprint density at radius 3 is 2.24 bits per heavy atom. The van der Waals surface area contributed by atoms with Gasteiger partial charge >= 0.3 is 0 Å². The topological polar surface area (TPSA) is 93.0 Å². The first-order valence-corrected chi connectivity index (χ1v) is 12.6. The molecule has 2 aromatic carbocycles. The fourth-order valence-corrected chi connectivity index (χ4v) is 5.40. The van der Waals surface area contributed by atoms with Gasteiger partial charge in [0.1, 0.15) is 18.1 Å². The lowest BCUT2D eigenvalue weighted by Gasteiger charge is -2.34. The Bertz CT molecular complexity index is 1270. The molecule has 8 nitrogen and oxygen atoms in total. The Hall–Kier alpha value is -3.17. The third-order valence-corrected chi connectivity index (χ3v) is 8.20. The molecule has 2 heterocycles. The third kappa shape index (κ3) is 4.85. The third-order valence-electron chi connectivity index (χ3n) is 6.31. The van der Waals surface area contributed by atoms with Gasteiger partial charge in [-0.2, -0.15) is 4.31 Å². The Balaban J connectivity index is 1.35. The molecule has 1 aromatic heterocycles. The summed E-state index contributed by atoms with van der Waals surface area (Å²) >= 11 is 0. The van der Waals surface area contributed by atoms with Crippen molar-refractivity contribution in [3.8, 4) is 5.75 Å². The second kappa shape index (κ2) is 9.60. The Morgan fingerprint density at radius 2 is 1.65 bits per heavy atom. The fraction of sp³-hybridized carbons (Fsp3) is 0.360. The Morgan fingerprint density at radius 1 is 0.971 bits per heavy atom. The molecule has 0 unspecified atom stereocenters. The summed E-state index contributed by atoms with van der Waals surface area (Å²) in [4.78, 5) is 14.9. The van der Waals surface area contributed by atoms with Crippen LogP contribution in [0.3, 0.4) is 0 Å². The number of carbonyl (C=O) groups is 1.